The predicted molar refractivity (Wildman–Crippen MR) is 59.6 cm³/mol. The lowest BCUT2D eigenvalue weighted by molar-refractivity contribution is 0.568. The van der Waals surface area contributed by atoms with Crippen molar-refractivity contribution < 1.29 is 4.39 Å². The molecule has 84 valence electrons. The third-order valence-corrected chi connectivity index (χ3v) is 2.29. The first-order valence-corrected chi connectivity index (χ1v) is 4.99. The molecule has 0 aliphatic rings. The van der Waals surface area contributed by atoms with Gasteiger partial charge in [-0.3, -0.25) is 9.36 Å². The highest BCUT2D eigenvalue weighted by atomic mass is 19.1. The van der Waals surface area contributed by atoms with Gasteiger partial charge in [-0.15, -0.1) is 0 Å². The van der Waals surface area contributed by atoms with Crippen molar-refractivity contribution in [3.63, 3.8) is 0 Å². The monoisotopic (exact) mass is 221 g/mol. The van der Waals surface area contributed by atoms with Gasteiger partial charge in [0, 0.05) is 12.6 Å². The largest absolute Gasteiger partial charge is 0.326 e. The first-order chi connectivity index (χ1) is 7.59. The van der Waals surface area contributed by atoms with Crippen molar-refractivity contribution in [3.05, 3.63) is 40.7 Å². The van der Waals surface area contributed by atoms with Crippen LogP contribution in [0.3, 0.4) is 0 Å². The number of aromatic nitrogens is 2. The van der Waals surface area contributed by atoms with Gasteiger partial charge in [0.05, 0.1) is 11.7 Å². The Labute approximate surface area is 91.5 Å². The molecule has 2 N–H and O–H groups in total. The van der Waals surface area contributed by atoms with E-state index in [1.54, 1.807) is 13.0 Å². The highest BCUT2D eigenvalue weighted by molar-refractivity contribution is 5.77. The fourth-order valence-corrected chi connectivity index (χ4v) is 1.59. The molecule has 5 heteroatoms. The molecule has 0 bridgehead atoms. The zero-order chi connectivity index (χ0) is 11.7. The van der Waals surface area contributed by atoms with Crippen LogP contribution in [-0.4, -0.2) is 15.6 Å². The SMILES string of the molecule is CC(N)Cn1cnc2c(F)cccc2c1=O. The normalized spacial score (nSPS) is 12.9. The molecule has 0 amide bonds. The van der Waals surface area contributed by atoms with Gasteiger partial charge in [0.25, 0.3) is 5.56 Å². The zero-order valence-corrected chi connectivity index (χ0v) is 8.85. The summed E-state index contributed by atoms with van der Waals surface area (Å²) in [4.78, 5) is 15.8. The van der Waals surface area contributed by atoms with Gasteiger partial charge in [-0.05, 0) is 19.1 Å². The van der Waals surface area contributed by atoms with E-state index in [2.05, 4.69) is 4.98 Å². The van der Waals surface area contributed by atoms with Crippen molar-refractivity contribution in [1.82, 2.24) is 9.55 Å². The number of hydrogen-bond acceptors (Lipinski definition) is 3. The number of halogens is 1. The average molecular weight is 221 g/mol. The minimum atomic E-state index is -0.484. The molecule has 4 nitrogen and oxygen atoms in total. The number of para-hydroxylation sites is 1. The molecule has 0 aliphatic heterocycles. The van der Waals surface area contributed by atoms with Crippen LogP contribution in [0.25, 0.3) is 10.9 Å². The zero-order valence-electron chi connectivity index (χ0n) is 8.85. The van der Waals surface area contributed by atoms with Gasteiger partial charge in [-0.1, -0.05) is 6.07 Å². The summed E-state index contributed by atoms with van der Waals surface area (Å²) < 4.78 is 14.7. The first kappa shape index (κ1) is 10.8. The Morgan fingerprint density at radius 2 is 2.31 bits per heavy atom. The van der Waals surface area contributed by atoms with Crippen LogP contribution in [0.15, 0.2) is 29.3 Å². The second-order valence-electron chi connectivity index (χ2n) is 3.82. The molecular formula is C11H12FN3O. The van der Waals surface area contributed by atoms with Gasteiger partial charge < -0.3 is 5.73 Å². The summed E-state index contributed by atoms with van der Waals surface area (Å²) in [6, 6.07) is 4.19. The Morgan fingerprint density at radius 3 is 3.00 bits per heavy atom. The van der Waals surface area contributed by atoms with E-state index in [9.17, 15) is 9.18 Å². The van der Waals surface area contributed by atoms with Crippen LogP contribution in [0.1, 0.15) is 6.92 Å². The molecule has 1 unspecified atom stereocenters. The quantitative estimate of drug-likeness (QED) is 0.819. The second-order valence-corrected chi connectivity index (χ2v) is 3.82. The van der Waals surface area contributed by atoms with E-state index in [-0.39, 0.29) is 22.5 Å². The maximum atomic E-state index is 13.3. The molecular weight excluding hydrogens is 209 g/mol. The minimum Gasteiger partial charge on any atom is -0.326 e. The van der Waals surface area contributed by atoms with E-state index < -0.39 is 5.82 Å². The van der Waals surface area contributed by atoms with E-state index >= 15 is 0 Å². The lowest BCUT2D eigenvalue weighted by Gasteiger charge is -2.08. The van der Waals surface area contributed by atoms with E-state index in [1.165, 1.54) is 23.0 Å². The maximum absolute atomic E-state index is 13.3. The Morgan fingerprint density at radius 1 is 1.56 bits per heavy atom. The van der Waals surface area contributed by atoms with Gasteiger partial charge in [0.15, 0.2) is 0 Å². The molecule has 1 aromatic carbocycles. The fraction of sp³-hybridized carbons (Fsp3) is 0.273. The fourth-order valence-electron chi connectivity index (χ4n) is 1.59. The summed E-state index contributed by atoms with van der Waals surface area (Å²) in [7, 11) is 0. The standard InChI is InChI=1S/C11H12FN3O/c1-7(13)5-15-6-14-10-8(11(15)16)3-2-4-9(10)12/h2-4,6-7H,5,13H2,1H3. The van der Waals surface area contributed by atoms with Gasteiger partial charge in [-0.25, -0.2) is 9.37 Å². The lowest BCUT2D eigenvalue weighted by atomic mass is 10.2. The number of nitrogens with two attached hydrogens (primary N) is 1. The van der Waals surface area contributed by atoms with Crippen LogP contribution < -0.4 is 11.3 Å². The number of hydrogen-bond donors (Lipinski definition) is 1. The van der Waals surface area contributed by atoms with Crippen molar-refractivity contribution in [2.24, 2.45) is 5.73 Å². The smallest absolute Gasteiger partial charge is 0.261 e. The van der Waals surface area contributed by atoms with Gasteiger partial charge in [0.2, 0.25) is 0 Å². The van der Waals surface area contributed by atoms with Crippen LogP contribution in [0.4, 0.5) is 4.39 Å². The van der Waals surface area contributed by atoms with E-state index in [0.29, 0.717) is 6.54 Å². The maximum Gasteiger partial charge on any atom is 0.261 e. The van der Waals surface area contributed by atoms with E-state index in [4.69, 9.17) is 5.73 Å². The second kappa shape index (κ2) is 4.02. The first-order valence-electron chi connectivity index (χ1n) is 4.99. The molecule has 2 rings (SSSR count). The van der Waals surface area contributed by atoms with Gasteiger partial charge in [0.1, 0.15) is 11.3 Å². The van der Waals surface area contributed by atoms with Gasteiger partial charge >= 0.3 is 0 Å². The Kier molecular flexibility index (Phi) is 2.70. The number of benzene rings is 1. The number of rotatable bonds is 2. The molecule has 1 aromatic heterocycles. The summed E-state index contributed by atoms with van der Waals surface area (Å²) in [5, 5.41) is 0.281. The van der Waals surface area contributed by atoms with Gasteiger partial charge in [-0.2, -0.15) is 0 Å². The van der Waals surface area contributed by atoms with Crippen LogP contribution in [0, 0.1) is 5.82 Å². The summed E-state index contributed by atoms with van der Waals surface area (Å²) in [5.74, 6) is -0.484. The number of fused-ring (bicyclic) bond motifs is 1. The molecule has 0 saturated heterocycles. The summed E-state index contributed by atoms with van der Waals surface area (Å²) in [6.07, 6.45) is 1.33. The topological polar surface area (TPSA) is 60.9 Å². The third kappa shape index (κ3) is 1.81. The van der Waals surface area contributed by atoms with Crippen LogP contribution in [-0.2, 0) is 6.54 Å². The summed E-state index contributed by atoms with van der Waals surface area (Å²) in [6.45, 7) is 2.17. The van der Waals surface area contributed by atoms with E-state index in [0.717, 1.165) is 0 Å². The molecule has 2 aromatic rings. The highest BCUT2D eigenvalue weighted by Crippen LogP contribution is 2.10. The minimum absolute atomic E-state index is 0.105. The Bertz CT molecular complexity index is 577. The van der Waals surface area contributed by atoms with Crippen LogP contribution in [0.5, 0.6) is 0 Å². The van der Waals surface area contributed by atoms with Crippen molar-refractivity contribution in [2.75, 3.05) is 0 Å². The lowest BCUT2D eigenvalue weighted by Crippen LogP contribution is -2.30. The molecule has 0 aliphatic carbocycles. The molecule has 1 atom stereocenters. The molecule has 16 heavy (non-hydrogen) atoms. The third-order valence-electron chi connectivity index (χ3n) is 2.29. The van der Waals surface area contributed by atoms with Crippen molar-refractivity contribution >= 4 is 10.9 Å². The molecule has 0 spiro atoms. The van der Waals surface area contributed by atoms with Crippen LogP contribution in [0.2, 0.25) is 0 Å². The van der Waals surface area contributed by atoms with Crippen molar-refractivity contribution in [1.29, 1.82) is 0 Å². The molecule has 0 saturated carbocycles. The molecule has 0 radical (unpaired) electrons. The van der Waals surface area contributed by atoms with Crippen LogP contribution >= 0.6 is 0 Å². The highest BCUT2D eigenvalue weighted by Gasteiger charge is 2.08. The number of nitrogens with zero attached hydrogens (tertiary/aromatic N) is 2. The summed E-state index contributed by atoms with van der Waals surface area (Å²) >= 11 is 0. The van der Waals surface area contributed by atoms with Crippen molar-refractivity contribution in [2.45, 2.75) is 19.5 Å². The van der Waals surface area contributed by atoms with Crippen molar-refractivity contribution in [3.8, 4) is 0 Å². The molecule has 0 fully saturated rings. The Hall–Kier alpha value is -1.75. The molecule has 1 heterocycles. The van der Waals surface area contributed by atoms with E-state index in [1.807, 2.05) is 0 Å². The predicted octanol–water partition coefficient (Wildman–Crippen LogP) is 0.883. The summed E-state index contributed by atoms with van der Waals surface area (Å²) in [5.41, 5.74) is 5.45. The Balaban J connectivity index is 2.66. The average Bonchev–Trinajstić information content (AvgIpc) is 2.23.